The van der Waals surface area contributed by atoms with Gasteiger partial charge in [0, 0.05) is 28.2 Å². The summed E-state index contributed by atoms with van der Waals surface area (Å²) >= 11 is 1.66. The molecule has 0 spiro atoms. The van der Waals surface area contributed by atoms with E-state index < -0.39 is 11.9 Å². The maximum absolute atomic E-state index is 12.1. The summed E-state index contributed by atoms with van der Waals surface area (Å²) in [5.74, 6) is -1.58. The van der Waals surface area contributed by atoms with E-state index in [9.17, 15) is 14.7 Å². The number of aliphatic carboxylic acids is 1. The lowest BCUT2D eigenvalue weighted by atomic mass is 9.98. The van der Waals surface area contributed by atoms with Crippen LogP contribution in [0.5, 0.6) is 0 Å². The van der Waals surface area contributed by atoms with Gasteiger partial charge in [-0.25, -0.2) is 4.79 Å². The zero-order valence-electron chi connectivity index (χ0n) is 12.9. The maximum atomic E-state index is 12.1. The van der Waals surface area contributed by atoms with Crippen LogP contribution in [0.15, 0.2) is 4.79 Å². The quantitative estimate of drug-likeness (QED) is 0.902. The highest BCUT2D eigenvalue weighted by molar-refractivity contribution is 7.99. The molecule has 0 amide bonds. The van der Waals surface area contributed by atoms with Gasteiger partial charge in [-0.3, -0.25) is 9.36 Å². The first-order chi connectivity index (χ1) is 9.10. The monoisotopic (exact) mass is 298 g/mol. The lowest BCUT2D eigenvalue weighted by Gasteiger charge is -2.26. The highest BCUT2D eigenvalue weighted by Crippen LogP contribution is 2.26. The summed E-state index contributed by atoms with van der Waals surface area (Å²) in [7, 11) is 0. The van der Waals surface area contributed by atoms with Gasteiger partial charge in [0.1, 0.15) is 0 Å². The molecule has 0 bridgehead atoms. The Morgan fingerprint density at radius 1 is 1.45 bits per heavy atom. The minimum Gasteiger partial charge on any atom is -0.481 e. The molecule has 1 N–H and O–H groups in total. The first-order valence-electron chi connectivity index (χ1n) is 6.46. The van der Waals surface area contributed by atoms with Crippen molar-refractivity contribution < 1.29 is 9.90 Å². The number of aromatic nitrogens is 2. The van der Waals surface area contributed by atoms with E-state index in [4.69, 9.17) is 0 Å². The van der Waals surface area contributed by atoms with Gasteiger partial charge in [-0.05, 0) is 40.9 Å². The van der Waals surface area contributed by atoms with Gasteiger partial charge in [-0.15, -0.1) is 0 Å². The van der Waals surface area contributed by atoms with Crippen LogP contribution in [-0.2, 0) is 11.3 Å². The molecule has 1 heterocycles. The summed E-state index contributed by atoms with van der Waals surface area (Å²) in [6, 6.07) is 0. The summed E-state index contributed by atoms with van der Waals surface area (Å²) in [5, 5.41) is 9.20. The number of aryl methyl sites for hydroxylation is 1. The van der Waals surface area contributed by atoms with E-state index in [1.807, 2.05) is 20.1 Å². The number of hydrogen-bond acceptors (Lipinski definition) is 4. The van der Waals surface area contributed by atoms with E-state index in [0.29, 0.717) is 23.5 Å². The molecule has 0 radical (unpaired) electrons. The lowest BCUT2D eigenvalue weighted by Crippen LogP contribution is -2.35. The van der Waals surface area contributed by atoms with Crippen LogP contribution >= 0.6 is 11.8 Å². The van der Waals surface area contributed by atoms with Crippen molar-refractivity contribution in [3.05, 3.63) is 27.4 Å². The Hall–Kier alpha value is -1.30. The van der Waals surface area contributed by atoms with Gasteiger partial charge in [0.25, 0.3) is 0 Å². The second-order valence-electron chi connectivity index (χ2n) is 5.59. The molecule has 0 aliphatic carbocycles. The van der Waals surface area contributed by atoms with Crippen molar-refractivity contribution in [2.24, 2.45) is 0 Å². The number of hydrogen-bond donors (Lipinski definition) is 1. The Morgan fingerprint density at radius 2 is 2.00 bits per heavy atom. The van der Waals surface area contributed by atoms with E-state index in [2.05, 4.69) is 4.98 Å². The summed E-state index contributed by atoms with van der Waals surface area (Å²) in [5.41, 5.74) is 1.51. The Bertz CT molecular complexity index is 579. The largest absolute Gasteiger partial charge is 0.481 e. The van der Waals surface area contributed by atoms with Crippen LogP contribution in [0.3, 0.4) is 0 Å². The molecule has 0 aliphatic rings. The van der Waals surface area contributed by atoms with Crippen molar-refractivity contribution in [3.63, 3.8) is 0 Å². The molecule has 1 unspecified atom stereocenters. The van der Waals surface area contributed by atoms with E-state index >= 15 is 0 Å². The number of nitrogens with zero attached hydrogens (tertiary/aromatic N) is 2. The number of carbonyl (C=O) groups is 1. The van der Waals surface area contributed by atoms with Crippen LogP contribution in [0.1, 0.15) is 43.6 Å². The highest BCUT2D eigenvalue weighted by atomic mass is 32.2. The molecule has 0 saturated carbocycles. The number of thioether (sulfide) groups is 1. The van der Waals surface area contributed by atoms with Crippen LogP contribution in [0, 0.1) is 13.8 Å². The summed E-state index contributed by atoms with van der Waals surface area (Å²) in [4.78, 5) is 27.3. The van der Waals surface area contributed by atoms with Crippen molar-refractivity contribution in [1.82, 2.24) is 9.55 Å². The third kappa shape index (κ3) is 3.42. The number of carboxylic acids is 1. The van der Waals surface area contributed by atoms with E-state index in [0.717, 1.165) is 0 Å². The molecule has 5 nitrogen and oxygen atoms in total. The van der Waals surface area contributed by atoms with Crippen LogP contribution < -0.4 is 5.69 Å². The standard InChI is InChI=1S/C14H22N2O3S/c1-8(12(17)18)11-9(2)15-13(19)16(10(11)3)7-14(4,5)20-6/h8H,7H2,1-6H3,(H,17,18). The molecule has 112 valence electrons. The first-order valence-corrected chi connectivity index (χ1v) is 7.69. The maximum Gasteiger partial charge on any atom is 0.348 e. The predicted molar refractivity (Wildman–Crippen MR) is 81.6 cm³/mol. The van der Waals surface area contributed by atoms with Crippen molar-refractivity contribution in [1.29, 1.82) is 0 Å². The van der Waals surface area contributed by atoms with E-state index in [1.54, 1.807) is 37.1 Å². The molecule has 1 aromatic heterocycles. The SMILES string of the molecule is CSC(C)(C)Cn1c(C)c(C(C)C(=O)O)c(C)nc1=O. The molecule has 6 heteroatoms. The smallest absolute Gasteiger partial charge is 0.348 e. The van der Waals surface area contributed by atoms with Crippen molar-refractivity contribution in [2.45, 2.75) is 51.8 Å². The molecule has 0 aliphatic heterocycles. The van der Waals surface area contributed by atoms with Crippen molar-refractivity contribution in [2.75, 3.05) is 6.26 Å². The van der Waals surface area contributed by atoms with Crippen LogP contribution in [-0.4, -0.2) is 31.6 Å². The molecule has 1 atom stereocenters. The Kier molecular flexibility index (Phi) is 5.02. The van der Waals surface area contributed by atoms with Gasteiger partial charge in [0.2, 0.25) is 0 Å². The van der Waals surface area contributed by atoms with E-state index in [-0.39, 0.29) is 10.4 Å². The average molecular weight is 298 g/mol. The fourth-order valence-corrected chi connectivity index (χ4v) is 2.45. The molecule has 20 heavy (non-hydrogen) atoms. The third-order valence-corrected chi connectivity index (χ3v) is 4.81. The molecule has 0 fully saturated rings. The van der Waals surface area contributed by atoms with Crippen LogP contribution in [0.4, 0.5) is 0 Å². The average Bonchev–Trinajstić information content (AvgIpc) is 2.34. The first kappa shape index (κ1) is 16.8. The summed E-state index contributed by atoms with van der Waals surface area (Å²) in [6.07, 6.45) is 1.99. The summed E-state index contributed by atoms with van der Waals surface area (Å²) in [6.45, 7) is 9.70. The molecule has 0 saturated heterocycles. The summed E-state index contributed by atoms with van der Waals surface area (Å²) < 4.78 is 1.47. The zero-order valence-corrected chi connectivity index (χ0v) is 13.7. The highest BCUT2D eigenvalue weighted by Gasteiger charge is 2.25. The molecule has 0 aromatic carbocycles. The molecule has 1 rings (SSSR count). The molecule has 1 aromatic rings. The predicted octanol–water partition coefficient (Wildman–Crippen LogP) is 2.19. The topological polar surface area (TPSA) is 72.2 Å². The minimum atomic E-state index is -0.910. The van der Waals surface area contributed by atoms with E-state index in [1.165, 1.54) is 0 Å². The Labute approximate surface area is 123 Å². The second-order valence-corrected chi connectivity index (χ2v) is 7.10. The van der Waals surface area contributed by atoms with Gasteiger partial charge in [0.05, 0.1) is 5.92 Å². The number of rotatable bonds is 5. The minimum absolute atomic E-state index is 0.116. The van der Waals surface area contributed by atoms with Gasteiger partial charge in [0.15, 0.2) is 0 Å². The van der Waals surface area contributed by atoms with Crippen molar-refractivity contribution >= 4 is 17.7 Å². The lowest BCUT2D eigenvalue weighted by molar-refractivity contribution is -0.138. The van der Waals surface area contributed by atoms with Gasteiger partial charge in [-0.1, -0.05) is 0 Å². The third-order valence-electron chi connectivity index (χ3n) is 3.57. The molecular weight excluding hydrogens is 276 g/mol. The zero-order chi connectivity index (χ0) is 15.7. The normalized spacial score (nSPS) is 13.3. The van der Waals surface area contributed by atoms with Crippen molar-refractivity contribution in [3.8, 4) is 0 Å². The Balaban J connectivity index is 3.44. The second kappa shape index (κ2) is 5.99. The number of carboxylic acid groups (broad SMARTS) is 1. The fraction of sp³-hybridized carbons (Fsp3) is 0.643. The van der Waals surface area contributed by atoms with Gasteiger partial charge >= 0.3 is 11.7 Å². The Morgan fingerprint density at radius 3 is 2.45 bits per heavy atom. The van der Waals surface area contributed by atoms with Crippen LogP contribution in [0.25, 0.3) is 0 Å². The fourth-order valence-electron chi connectivity index (χ4n) is 2.20. The van der Waals surface area contributed by atoms with Crippen LogP contribution in [0.2, 0.25) is 0 Å². The van der Waals surface area contributed by atoms with Gasteiger partial charge in [-0.2, -0.15) is 16.7 Å². The molecular formula is C14H22N2O3S. The van der Waals surface area contributed by atoms with Gasteiger partial charge < -0.3 is 5.11 Å².